The van der Waals surface area contributed by atoms with E-state index < -0.39 is 0 Å². The summed E-state index contributed by atoms with van der Waals surface area (Å²) in [6.07, 6.45) is 0. The van der Waals surface area contributed by atoms with Gasteiger partial charge in [0.05, 0.1) is 25.4 Å². The van der Waals surface area contributed by atoms with Crippen molar-refractivity contribution in [3.8, 4) is 11.5 Å². The highest BCUT2D eigenvalue weighted by atomic mass is 32.1. The lowest BCUT2D eigenvalue weighted by atomic mass is 10.2. The first-order valence-corrected chi connectivity index (χ1v) is 8.46. The van der Waals surface area contributed by atoms with Crippen molar-refractivity contribution in [3.05, 3.63) is 40.1 Å². The van der Waals surface area contributed by atoms with Crippen molar-refractivity contribution >= 4 is 23.0 Å². The van der Waals surface area contributed by atoms with Crippen molar-refractivity contribution in [2.75, 3.05) is 18.5 Å². The van der Waals surface area contributed by atoms with Crippen LogP contribution in [-0.4, -0.2) is 19.2 Å². The Morgan fingerprint density at radius 2 is 1.96 bits per heavy atom. The number of anilines is 1. The Morgan fingerprint density at radius 3 is 2.61 bits per heavy atom. The van der Waals surface area contributed by atoms with Crippen molar-refractivity contribution in [1.82, 2.24) is 0 Å². The third-order valence-electron chi connectivity index (χ3n) is 3.03. The molecule has 0 aliphatic carbocycles. The lowest BCUT2D eigenvalue weighted by Crippen LogP contribution is -2.23. The minimum atomic E-state index is 0.352. The minimum absolute atomic E-state index is 0.352. The van der Waals surface area contributed by atoms with Gasteiger partial charge in [-0.25, -0.2) is 4.99 Å². The van der Waals surface area contributed by atoms with Crippen LogP contribution in [0.5, 0.6) is 11.5 Å². The number of ether oxygens (including phenoxy) is 2. The van der Waals surface area contributed by atoms with Gasteiger partial charge >= 0.3 is 0 Å². The average Bonchev–Trinajstić information content (AvgIpc) is 2.94. The first-order valence-electron chi connectivity index (χ1n) is 7.64. The number of aliphatic imine (C=N–C) groups is 1. The summed E-state index contributed by atoms with van der Waals surface area (Å²) < 4.78 is 11.1. The molecule has 0 aliphatic heterocycles. The molecule has 0 unspecified atom stereocenters. The molecule has 3 N–H and O–H groups in total. The van der Waals surface area contributed by atoms with Crippen LogP contribution in [0, 0.1) is 6.92 Å². The molecule has 0 amide bonds. The lowest BCUT2D eigenvalue weighted by Gasteiger charge is -2.13. The Bertz CT molecular complexity index is 668. The Balaban J connectivity index is 2.10. The molecular weight excluding hydrogens is 310 g/mol. The van der Waals surface area contributed by atoms with Crippen LogP contribution in [0.1, 0.15) is 23.6 Å². The molecule has 0 bridgehead atoms. The molecule has 1 aromatic carbocycles. The number of benzene rings is 1. The SMILES string of the molecule is CCOc1ccc(OCC)c(NC(N)=NCc2ccc(C)s2)c1. The molecule has 0 saturated heterocycles. The van der Waals surface area contributed by atoms with E-state index in [1.54, 1.807) is 11.3 Å². The van der Waals surface area contributed by atoms with Gasteiger partial charge < -0.3 is 20.5 Å². The van der Waals surface area contributed by atoms with Crippen LogP contribution in [0.25, 0.3) is 0 Å². The summed E-state index contributed by atoms with van der Waals surface area (Å²) in [6, 6.07) is 9.76. The Labute approximate surface area is 141 Å². The zero-order valence-electron chi connectivity index (χ0n) is 13.8. The molecule has 0 aliphatic rings. The van der Waals surface area contributed by atoms with E-state index >= 15 is 0 Å². The van der Waals surface area contributed by atoms with Gasteiger partial charge in [-0.3, -0.25) is 0 Å². The smallest absolute Gasteiger partial charge is 0.193 e. The topological polar surface area (TPSA) is 68.9 Å². The number of nitrogens with one attached hydrogen (secondary N) is 1. The largest absolute Gasteiger partial charge is 0.494 e. The van der Waals surface area contributed by atoms with Gasteiger partial charge in [-0.1, -0.05) is 0 Å². The first-order chi connectivity index (χ1) is 11.1. The monoisotopic (exact) mass is 333 g/mol. The fourth-order valence-electron chi connectivity index (χ4n) is 2.06. The molecule has 6 heteroatoms. The highest BCUT2D eigenvalue weighted by molar-refractivity contribution is 7.11. The van der Waals surface area contributed by atoms with Crippen molar-refractivity contribution in [3.63, 3.8) is 0 Å². The van der Waals surface area contributed by atoms with E-state index in [0.717, 1.165) is 17.2 Å². The number of hydrogen-bond donors (Lipinski definition) is 2. The molecule has 2 rings (SSSR count). The second-order valence-corrected chi connectivity index (χ2v) is 6.24. The number of guanidine groups is 1. The third-order valence-corrected chi connectivity index (χ3v) is 4.01. The summed E-state index contributed by atoms with van der Waals surface area (Å²) in [6.45, 7) is 7.71. The van der Waals surface area contributed by atoms with Gasteiger partial charge in [0.1, 0.15) is 11.5 Å². The van der Waals surface area contributed by atoms with E-state index in [-0.39, 0.29) is 0 Å². The molecule has 5 nitrogen and oxygen atoms in total. The number of nitrogens with zero attached hydrogens (tertiary/aromatic N) is 1. The average molecular weight is 333 g/mol. The number of rotatable bonds is 7. The van der Waals surface area contributed by atoms with Gasteiger partial charge in [0.25, 0.3) is 0 Å². The van der Waals surface area contributed by atoms with Gasteiger partial charge in [-0.15, -0.1) is 11.3 Å². The van der Waals surface area contributed by atoms with Crippen molar-refractivity contribution in [1.29, 1.82) is 0 Å². The Kier molecular flexibility index (Phi) is 6.29. The molecule has 0 radical (unpaired) electrons. The Hall–Kier alpha value is -2.21. The zero-order valence-corrected chi connectivity index (χ0v) is 14.6. The predicted octanol–water partition coefficient (Wildman–Crippen LogP) is 3.78. The second-order valence-electron chi connectivity index (χ2n) is 4.86. The standard InChI is InChI=1S/C17H23N3O2S/c1-4-21-13-7-9-16(22-5-2)15(10-13)20-17(18)19-11-14-8-6-12(3)23-14/h6-10H,4-5,11H2,1-3H3,(H3,18,19,20). The highest BCUT2D eigenvalue weighted by Gasteiger charge is 2.07. The van der Waals surface area contributed by atoms with Crippen molar-refractivity contribution in [2.45, 2.75) is 27.3 Å². The van der Waals surface area contributed by atoms with E-state index in [0.29, 0.717) is 25.7 Å². The second kappa shape index (κ2) is 8.43. The summed E-state index contributed by atoms with van der Waals surface area (Å²) in [5.74, 6) is 1.84. The van der Waals surface area contributed by atoms with Crippen LogP contribution in [0.2, 0.25) is 0 Å². The quantitative estimate of drug-likeness (QED) is 0.597. The van der Waals surface area contributed by atoms with Crippen LogP contribution < -0.4 is 20.5 Å². The molecule has 124 valence electrons. The molecule has 1 aromatic heterocycles. The van der Waals surface area contributed by atoms with Gasteiger partial charge in [-0.2, -0.15) is 0 Å². The van der Waals surface area contributed by atoms with E-state index in [9.17, 15) is 0 Å². The fourth-order valence-corrected chi connectivity index (χ4v) is 2.87. The summed E-state index contributed by atoms with van der Waals surface area (Å²) in [4.78, 5) is 6.83. The van der Waals surface area contributed by atoms with E-state index in [2.05, 4.69) is 29.4 Å². The minimum Gasteiger partial charge on any atom is -0.494 e. The van der Waals surface area contributed by atoms with Crippen LogP contribution in [0.3, 0.4) is 0 Å². The fraction of sp³-hybridized carbons (Fsp3) is 0.353. The normalized spacial score (nSPS) is 11.3. The van der Waals surface area contributed by atoms with E-state index in [1.165, 1.54) is 9.75 Å². The van der Waals surface area contributed by atoms with Crippen LogP contribution in [0.15, 0.2) is 35.3 Å². The molecule has 0 saturated carbocycles. The van der Waals surface area contributed by atoms with Gasteiger partial charge in [0.2, 0.25) is 0 Å². The third kappa shape index (κ3) is 5.17. The van der Waals surface area contributed by atoms with Crippen LogP contribution in [-0.2, 0) is 6.54 Å². The maximum atomic E-state index is 6.00. The summed E-state index contributed by atoms with van der Waals surface area (Å²) >= 11 is 1.72. The number of nitrogens with two attached hydrogens (primary N) is 1. The highest BCUT2D eigenvalue weighted by Crippen LogP contribution is 2.29. The molecule has 0 fully saturated rings. The zero-order chi connectivity index (χ0) is 16.7. The molecular formula is C17H23N3O2S. The van der Waals surface area contributed by atoms with Crippen molar-refractivity contribution in [2.24, 2.45) is 10.7 Å². The molecule has 2 aromatic rings. The van der Waals surface area contributed by atoms with E-state index in [1.807, 2.05) is 32.0 Å². The van der Waals surface area contributed by atoms with Gasteiger partial charge in [0.15, 0.2) is 5.96 Å². The maximum absolute atomic E-state index is 6.00. The number of hydrogen-bond acceptors (Lipinski definition) is 4. The molecule has 1 heterocycles. The molecule has 23 heavy (non-hydrogen) atoms. The van der Waals surface area contributed by atoms with Crippen LogP contribution >= 0.6 is 11.3 Å². The molecule has 0 atom stereocenters. The predicted molar refractivity (Wildman–Crippen MR) is 96.8 cm³/mol. The van der Waals surface area contributed by atoms with E-state index in [4.69, 9.17) is 15.2 Å². The summed E-state index contributed by atoms with van der Waals surface area (Å²) in [7, 11) is 0. The van der Waals surface area contributed by atoms with Crippen LogP contribution in [0.4, 0.5) is 5.69 Å². The van der Waals surface area contributed by atoms with Gasteiger partial charge in [0, 0.05) is 15.8 Å². The summed E-state index contributed by atoms with van der Waals surface area (Å²) in [5.41, 5.74) is 6.75. The van der Waals surface area contributed by atoms with Gasteiger partial charge in [-0.05, 0) is 45.0 Å². The molecule has 0 spiro atoms. The Morgan fingerprint density at radius 1 is 1.17 bits per heavy atom. The number of thiophene rings is 1. The lowest BCUT2D eigenvalue weighted by molar-refractivity contribution is 0.332. The maximum Gasteiger partial charge on any atom is 0.193 e. The van der Waals surface area contributed by atoms with Crippen molar-refractivity contribution < 1.29 is 9.47 Å². The summed E-state index contributed by atoms with van der Waals surface area (Å²) in [5, 5.41) is 3.10. The number of aryl methyl sites for hydroxylation is 1. The first kappa shape index (κ1) is 17.1.